The predicted molar refractivity (Wildman–Crippen MR) is 41.8 cm³/mol. The molecule has 0 amide bonds. The Morgan fingerprint density at radius 3 is 3.18 bits per heavy atom. The molecule has 2 rings (SSSR count). The summed E-state index contributed by atoms with van der Waals surface area (Å²) in [6.07, 6.45) is 0.826. The maximum atomic E-state index is 10.3. The molecule has 0 aliphatic rings. The second-order valence-corrected chi connectivity index (χ2v) is 3.23. The first-order valence-electron chi connectivity index (χ1n) is 3.05. The maximum Gasteiger partial charge on any atom is 0.160 e. The monoisotopic (exact) mass is 167 g/mol. The quantitative estimate of drug-likeness (QED) is 0.591. The lowest BCUT2D eigenvalue weighted by Gasteiger charge is -1.81. The Kier molecular flexibility index (Phi) is 1.25. The Morgan fingerprint density at radius 1 is 1.73 bits per heavy atom. The zero-order valence-electron chi connectivity index (χ0n) is 5.81. The Morgan fingerprint density at radius 2 is 2.55 bits per heavy atom. The van der Waals surface area contributed by atoms with Crippen molar-refractivity contribution in [3.63, 3.8) is 0 Å². The van der Waals surface area contributed by atoms with Gasteiger partial charge in [0.1, 0.15) is 10.3 Å². The van der Waals surface area contributed by atoms with Gasteiger partial charge in [-0.15, -0.1) is 16.4 Å². The Labute approximate surface area is 66.4 Å². The second kappa shape index (κ2) is 2.13. The number of carbonyl (C=O) groups is 1. The van der Waals surface area contributed by atoms with Crippen molar-refractivity contribution in [2.45, 2.75) is 0 Å². The summed E-state index contributed by atoms with van der Waals surface area (Å²) in [5.74, 6) is 0. The largest absolute Gasteiger partial charge is 0.297 e. The molecule has 0 N–H and O–H groups in total. The van der Waals surface area contributed by atoms with E-state index in [1.165, 1.54) is 11.3 Å². The third-order valence-electron chi connectivity index (χ3n) is 1.41. The van der Waals surface area contributed by atoms with Crippen LogP contribution in [-0.4, -0.2) is 21.3 Å². The molecule has 0 bridgehead atoms. The average molecular weight is 167 g/mol. The van der Waals surface area contributed by atoms with Gasteiger partial charge >= 0.3 is 0 Å². The zero-order valence-corrected chi connectivity index (χ0v) is 6.63. The first kappa shape index (κ1) is 6.48. The fourth-order valence-electron chi connectivity index (χ4n) is 0.907. The van der Waals surface area contributed by atoms with Crippen molar-refractivity contribution >= 4 is 28.0 Å². The molecule has 11 heavy (non-hydrogen) atoms. The smallest absolute Gasteiger partial charge is 0.160 e. The number of aldehydes is 1. The van der Waals surface area contributed by atoms with Crippen LogP contribution in [0.4, 0.5) is 0 Å². The fourth-order valence-corrected chi connectivity index (χ4v) is 1.72. The molecule has 2 heterocycles. The third-order valence-corrected chi connectivity index (χ3v) is 2.53. The molecule has 4 nitrogen and oxygen atoms in total. The molecular formula is C6H5N3OS. The van der Waals surface area contributed by atoms with Gasteiger partial charge in [-0.25, -0.2) is 4.68 Å². The molecule has 0 saturated carbocycles. The lowest BCUT2D eigenvalue weighted by atomic mass is 10.5. The number of thiophene rings is 1. The summed E-state index contributed by atoms with van der Waals surface area (Å²) in [6, 6.07) is 1.74. The number of nitrogens with zero attached hydrogens (tertiary/aromatic N) is 3. The van der Waals surface area contributed by atoms with Gasteiger partial charge in [0.25, 0.3) is 0 Å². The molecule has 0 aliphatic carbocycles. The lowest BCUT2D eigenvalue weighted by Crippen LogP contribution is -1.87. The van der Waals surface area contributed by atoms with E-state index in [-0.39, 0.29) is 0 Å². The number of hydrogen-bond donors (Lipinski definition) is 0. The summed E-state index contributed by atoms with van der Waals surface area (Å²) in [4.78, 5) is 12.0. The minimum atomic E-state index is 0.695. The van der Waals surface area contributed by atoms with Crippen LogP contribution in [-0.2, 0) is 7.05 Å². The average Bonchev–Trinajstić information content (AvgIpc) is 2.53. The van der Waals surface area contributed by atoms with E-state index in [1.807, 2.05) is 0 Å². The highest BCUT2D eigenvalue weighted by Crippen LogP contribution is 2.20. The van der Waals surface area contributed by atoms with Crippen molar-refractivity contribution in [3.05, 3.63) is 10.9 Å². The van der Waals surface area contributed by atoms with Crippen molar-refractivity contribution in [1.29, 1.82) is 0 Å². The highest BCUT2D eigenvalue weighted by Gasteiger charge is 2.05. The first-order valence-corrected chi connectivity index (χ1v) is 3.87. The van der Waals surface area contributed by atoms with Crippen molar-refractivity contribution in [2.24, 2.45) is 7.05 Å². The van der Waals surface area contributed by atoms with Crippen LogP contribution in [0.1, 0.15) is 9.67 Å². The van der Waals surface area contributed by atoms with E-state index in [9.17, 15) is 4.79 Å². The number of aryl methyl sites for hydroxylation is 1. The highest BCUT2D eigenvalue weighted by molar-refractivity contribution is 7.20. The van der Waals surface area contributed by atoms with Gasteiger partial charge in [-0.05, 0) is 6.07 Å². The molecule has 0 aromatic carbocycles. The van der Waals surface area contributed by atoms with Crippen LogP contribution >= 0.6 is 11.3 Å². The van der Waals surface area contributed by atoms with E-state index in [0.717, 1.165) is 16.6 Å². The fraction of sp³-hybridized carbons (Fsp3) is 0.167. The number of hydrogen-bond acceptors (Lipinski definition) is 4. The molecule has 0 radical (unpaired) electrons. The van der Waals surface area contributed by atoms with Crippen molar-refractivity contribution < 1.29 is 4.79 Å². The van der Waals surface area contributed by atoms with E-state index in [0.29, 0.717) is 4.88 Å². The molecule has 2 aromatic rings. The summed E-state index contributed by atoms with van der Waals surface area (Å²) in [5, 5.41) is 7.64. The molecule has 0 saturated heterocycles. The molecule has 0 atom stereocenters. The molecule has 56 valence electrons. The minimum absolute atomic E-state index is 0.695. The minimum Gasteiger partial charge on any atom is -0.297 e. The van der Waals surface area contributed by atoms with Gasteiger partial charge in [0.2, 0.25) is 0 Å². The molecule has 2 aromatic heterocycles. The molecule has 0 aliphatic heterocycles. The summed E-state index contributed by atoms with van der Waals surface area (Å²) >= 11 is 1.40. The number of fused-ring (bicyclic) bond motifs is 1. The molecule has 5 heteroatoms. The van der Waals surface area contributed by atoms with Crippen LogP contribution in [0, 0.1) is 0 Å². The predicted octanol–water partition coefficient (Wildman–Crippen LogP) is 0.842. The SMILES string of the molecule is Cn1nnc2cc(C=O)sc21. The van der Waals surface area contributed by atoms with Gasteiger partial charge < -0.3 is 0 Å². The molecule has 0 unspecified atom stereocenters. The highest BCUT2D eigenvalue weighted by atomic mass is 32.1. The maximum absolute atomic E-state index is 10.3. The number of aromatic nitrogens is 3. The van der Waals surface area contributed by atoms with Gasteiger partial charge in [0.15, 0.2) is 6.29 Å². The van der Waals surface area contributed by atoms with Crippen LogP contribution in [0.5, 0.6) is 0 Å². The van der Waals surface area contributed by atoms with Crippen LogP contribution in [0.2, 0.25) is 0 Å². The van der Waals surface area contributed by atoms with Crippen LogP contribution in [0.3, 0.4) is 0 Å². The summed E-state index contributed by atoms with van der Waals surface area (Å²) in [6.45, 7) is 0. The van der Waals surface area contributed by atoms with Gasteiger partial charge in [-0.1, -0.05) is 5.21 Å². The van der Waals surface area contributed by atoms with Crippen molar-refractivity contribution in [3.8, 4) is 0 Å². The van der Waals surface area contributed by atoms with Gasteiger partial charge in [-0.2, -0.15) is 0 Å². The molecule has 0 spiro atoms. The summed E-state index contributed by atoms with van der Waals surface area (Å²) in [7, 11) is 1.81. The normalized spacial score (nSPS) is 10.6. The topological polar surface area (TPSA) is 47.8 Å². The number of rotatable bonds is 1. The van der Waals surface area contributed by atoms with Crippen LogP contribution < -0.4 is 0 Å². The summed E-state index contributed by atoms with van der Waals surface area (Å²) in [5.41, 5.74) is 0.791. The number of carbonyl (C=O) groups excluding carboxylic acids is 1. The van der Waals surface area contributed by atoms with Crippen molar-refractivity contribution in [1.82, 2.24) is 15.0 Å². The van der Waals surface area contributed by atoms with E-state index in [4.69, 9.17) is 0 Å². The molecule has 0 fully saturated rings. The molecular weight excluding hydrogens is 162 g/mol. The Balaban J connectivity index is 2.79. The summed E-state index contributed by atoms with van der Waals surface area (Å²) < 4.78 is 1.66. The van der Waals surface area contributed by atoms with Gasteiger partial charge in [0.05, 0.1) is 4.88 Å². The standard InChI is InChI=1S/C6H5N3OS/c1-9-6-5(7-8-9)2-4(3-10)11-6/h2-3H,1H3. The van der Waals surface area contributed by atoms with Gasteiger partial charge in [0, 0.05) is 7.05 Å². The van der Waals surface area contributed by atoms with E-state index in [1.54, 1.807) is 17.8 Å². The Bertz CT molecular complexity index is 403. The van der Waals surface area contributed by atoms with Crippen molar-refractivity contribution in [2.75, 3.05) is 0 Å². The first-order chi connectivity index (χ1) is 5.31. The zero-order chi connectivity index (χ0) is 7.84. The van der Waals surface area contributed by atoms with E-state index < -0.39 is 0 Å². The Hall–Kier alpha value is -1.23. The van der Waals surface area contributed by atoms with Gasteiger partial charge in [-0.3, -0.25) is 4.79 Å². The second-order valence-electron chi connectivity index (χ2n) is 2.17. The lowest BCUT2D eigenvalue weighted by molar-refractivity contribution is 0.112. The van der Waals surface area contributed by atoms with Crippen LogP contribution in [0.25, 0.3) is 10.3 Å². The van der Waals surface area contributed by atoms with E-state index >= 15 is 0 Å². The van der Waals surface area contributed by atoms with E-state index in [2.05, 4.69) is 10.3 Å². The third kappa shape index (κ3) is 0.848. The van der Waals surface area contributed by atoms with Crippen LogP contribution in [0.15, 0.2) is 6.07 Å².